The van der Waals surface area contributed by atoms with E-state index >= 15 is 0 Å². The van der Waals surface area contributed by atoms with E-state index in [4.69, 9.17) is 5.11 Å². The van der Waals surface area contributed by atoms with Gasteiger partial charge in [0.15, 0.2) is 0 Å². The van der Waals surface area contributed by atoms with Crippen molar-refractivity contribution in [3.63, 3.8) is 0 Å². The number of rotatable bonds is 2. The van der Waals surface area contributed by atoms with Gasteiger partial charge in [-0.25, -0.2) is 0 Å². The smallest absolute Gasteiger partial charge is 0.303 e. The lowest BCUT2D eigenvalue weighted by Gasteiger charge is -1.79. The van der Waals surface area contributed by atoms with Crippen molar-refractivity contribution < 1.29 is 9.90 Å². The molecule has 0 spiro atoms. The molecule has 0 fully saturated rings. The molecule has 0 aromatic rings. The summed E-state index contributed by atoms with van der Waals surface area (Å²) in [4.78, 5) is 9.59. The fourth-order valence-corrected chi connectivity index (χ4v) is 0.370. The van der Waals surface area contributed by atoms with Crippen LogP contribution in [0, 0.1) is 0 Å². The van der Waals surface area contributed by atoms with Gasteiger partial charge in [-0.3, -0.25) is 4.79 Å². The van der Waals surface area contributed by atoms with Crippen molar-refractivity contribution in [3.05, 3.63) is 0 Å². The Kier molecular flexibility index (Phi) is 9.04. The molecule has 0 saturated heterocycles. The van der Waals surface area contributed by atoms with Crippen LogP contribution in [0.1, 0.15) is 6.42 Å². The maximum atomic E-state index is 9.59. The van der Waals surface area contributed by atoms with Crippen LogP contribution in [0.3, 0.4) is 0 Å². The molecule has 0 aromatic carbocycles. The van der Waals surface area contributed by atoms with Crippen molar-refractivity contribution in [2.24, 2.45) is 0 Å². The second-order valence-electron chi connectivity index (χ2n) is 0.932. The van der Waals surface area contributed by atoms with Gasteiger partial charge in [-0.05, 0) is 6.16 Å². The molecule has 4 heteroatoms. The van der Waals surface area contributed by atoms with Crippen molar-refractivity contribution in [2.75, 3.05) is 6.16 Å². The Morgan fingerprint density at radius 2 is 2.14 bits per heavy atom. The molecule has 0 rings (SSSR count). The molecule has 0 heterocycles. The highest BCUT2D eigenvalue weighted by molar-refractivity contribution is 7.16. The van der Waals surface area contributed by atoms with Crippen LogP contribution >= 0.6 is 21.6 Å². The van der Waals surface area contributed by atoms with Gasteiger partial charge < -0.3 is 5.11 Å². The molecule has 44 valence electrons. The second-order valence-corrected chi connectivity index (χ2v) is 1.51. The van der Waals surface area contributed by atoms with E-state index in [1.54, 1.807) is 0 Å². The van der Waals surface area contributed by atoms with E-state index in [-0.39, 0.29) is 18.8 Å². The highest BCUT2D eigenvalue weighted by Gasteiger charge is 1.87. The maximum Gasteiger partial charge on any atom is 0.303 e. The van der Waals surface area contributed by atoms with Crippen molar-refractivity contribution in [1.29, 1.82) is 0 Å². The van der Waals surface area contributed by atoms with Crippen molar-refractivity contribution in [2.45, 2.75) is 6.42 Å². The molecule has 1 unspecified atom stereocenters. The first-order chi connectivity index (χ1) is 2.77. The SMILES string of the molecule is Cl.O=C(O)CCP. The molecule has 0 aliphatic rings. The number of halogens is 1. The molecule has 7 heavy (non-hydrogen) atoms. The van der Waals surface area contributed by atoms with E-state index in [1.165, 1.54) is 0 Å². The molecule has 0 aromatic heterocycles. The Bertz CT molecular complexity index is 56.9. The summed E-state index contributed by atoms with van der Waals surface area (Å²) >= 11 is 0. The van der Waals surface area contributed by atoms with E-state index in [1.807, 2.05) is 0 Å². The van der Waals surface area contributed by atoms with E-state index in [0.29, 0.717) is 6.16 Å². The fraction of sp³-hybridized carbons (Fsp3) is 0.667. The monoisotopic (exact) mass is 142 g/mol. The number of carbonyl (C=O) groups is 1. The van der Waals surface area contributed by atoms with Crippen LogP contribution in [0.15, 0.2) is 0 Å². The molecular weight excluding hydrogens is 134 g/mol. The van der Waals surface area contributed by atoms with Crippen LogP contribution < -0.4 is 0 Å². The fourth-order valence-electron chi connectivity index (χ4n) is 0.123. The molecule has 1 N–H and O–H groups in total. The largest absolute Gasteiger partial charge is 0.481 e. The summed E-state index contributed by atoms with van der Waals surface area (Å²) < 4.78 is 0. The predicted octanol–water partition coefficient (Wildman–Crippen LogP) is 0.758. The first-order valence-corrected chi connectivity index (χ1v) is 2.51. The van der Waals surface area contributed by atoms with Gasteiger partial charge in [0.25, 0.3) is 0 Å². The first kappa shape index (κ1) is 10.2. The van der Waals surface area contributed by atoms with Crippen molar-refractivity contribution >= 4 is 27.6 Å². The predicted molar refractivity (Wildman–Crippen MR) is 34.1 cm³/mol. The number of aliphatic carboxylic acids is 1. The van der Waals surface area contributed by atoms with Crippen LogP contribution in [-0.2, 0) is 4.79 Å². The lowest BCUT2D eigenvalue weighted by molar-refractivity contribution is -0.136. The average Bonchev–Trinajstić information content (AvgIpc) is 1.35. The van der Waals surface area contributed by atoms with E-state index in [0.717, 1.165) is 0 Å². The van der Waals surface area contributed by atoms with Gasteiger partial charge in [0.2, 0.25) is 0 Å². The quantitative estimate of drug-likeness (QED) is 0.578. The van der Waals surface area contributed by atoms with E-state index in [2.05, 4.69) is 9.24 Å². The van der Waals surface area contributed by atoms with Gasteiger partial charge in [0, 0.05) is 6.42 Å². The highest BCUT2D eigenvalue weighted by Crippen LogP contribution is 1.84. The van der Waals surface area contributed by atoms with Crippen LogP contribution in [0.5, 0.6) is 0 Å². The average molecular weight is 143 g/mol. The third kappa shape index (κ3) is 10.7. The Hall–Kier alpha value is 0.190. The minimum Gasteiger partial charge on any atom is -0.481 e. The van der Waals surface area contributed by atoms with Gasteiger partial charge in [-0.2, -0.15) is 0 Å². The molecule has 0 aliphatic heterocycles. The maximum absolute atomic E-state index is 9.59. The third-order valence-electron chi connectivity index (χ3n) is 0.358. The Morgan fingerprint density at radius 1 is 1.71 bits per heavy atom. The van der Waals surface area contributed by atoms with Crippen LogP contribution in [0.25, 0.3) is 0 Å². The number of hydrogen-bond acceptors (Lipinski definition) is 1. The first-order valence-electron chi connectivity index (χ1n) is 1.69. The number of carboxylic acids is 1. The number of carboxylic acid groups (broad SMARTS) is 1. The van der Waals surface area contributed by atoms with Crippen LogP contribution in [0.2, 0.25) is 0 Å². The zero-order valence-electron chi connectivity index (χ0n) is 3.76. The Labute approximate surface area is 50.9 Å². The molecule has 0 bridgehead atoms. The summed E-state index contributed by atoms with van der Waals surface area (Å²) in [6.45, 7) is 0. The van der Waals surface area contributed by atoms with Crippen LogP contribution in [0.4, 0.5) is 0 Å². The third-order valence-corrected chi connectivity index (χ3v) is 0.647. The molecule has 0 saturated carbocycles. The molecule has 0 radical (unpaired) electrons. The normalized spacial score (nSPS) is 7.00. The summed E-state index contributed by atoms with van der Waals surface area (Å²) in [5, 5.41) is 7.90. The standard InChI is InChI=1S/C3H7O2P.ClH/c4-3(5)1-2-6;/h1-2,6H2,(H,4,5);1H. The summed E-state index contributed by atoms with van der Waals surface area (Å²) in [5.74, 6) is -0.731. The summed E-state index contributed by atoms with van der Waals surface area (Å²) in [7, 11) is 2.34. The van der Waals surface area contributed by atoms with Gasteiger partial charge in [0.1, 0.15) is 0 Å². The Morgan fingerprint density at radius 3 is 2.14 bits per heavy atom. The Balaban J connectivity index is 0. The lowest BCUT2D eigenvalue weighted by Crippen LogP contribution is -1.92. The van der Waals surface area contributed by atoms with Crippen molar-refractivity contribution in [1.82, 2.24) is 0 Å². The number of hydrogen-bond donors (Lipinski definition) is 1. The second kappa shape index (κ2) is 6.19. The van der Waals surface area contributed by atoms with Gasteiger partial charge in [-0.15, -0.1) is 21.6 Å². The molecule has 2 nitrogen and oxygen atoms in total. The topological polar surface area (TPSA) is 37.3 Å². The zero-order valence-corrected chi connectivity index (χ0v) is 5.73. The summed E-state index contributed by atoms with van der Waals surface area (Å²) in [6, 6.07) is 0. The molecular formula is C3H8ClO2P. The van der Waals surface area contributed by atoms with Crippen LogP contribution in [-0.4, -0.2) is 17.2 Å². The van der Waals surface area contributed by atoms with E-state index in [9.17, 15) is 4.79 Å². The molecule has 0 amide bonds. The van der Waals surface area contributed by atoms with Crippen molar-refractivity contribution in [3.8, 4) is 0 Å². The van der Waals surface area contributed by atoms with Gasteiger partial charge in [0.05, 0.1) is 0 Å². The minimum absolute atomic E-state index is 0. The van der Waals surface area contributed by atoms with Gasteiger partial charge in [-0.1, -0.05) is 0 Å². The summed E-state index contributed by atoms with van der Waals surface area (Å²) in [6.07, 6.45) is 0.903. The lowest BCUT2D eigenvalue weighted by atomic mass is 10.5. The highest BCUT2D eigenvalue weighted by atomic mass is 35.5. The molecule has 1 atom stereocenters. The zero-order chi connectivity index (χ0) is 4.99. The minimum atomic E-state index is -0.731. The molecule has 0 aliphatic carbocycles. The van der Waals surface area contributed by atoms with Gasteiger partial charge >= 0.3 is 5.97 Å². The van der Waals surface area contributed by atoms with E-state index < -0.39 is 5.97 Å². The summed E-state index contributed by atoms with van der Waals surface area (Å²) in [5.41, 5.74) is 0.